The first-order valence-electron chi connectivity index (χ1n) is 8.70. The van der Waals surface area contributed by atoms with Crippen LogP contribution in [0.15, 0.2) is 24.3 Å². The van der Waals surface area contributed by atoms with E-state index in [4.69, 9.17) is 0 Å². The summed E-state index contributed by atoms with van der Waals surface area (Å²) in [4.78, 5) is 14.2. The van der Waals surface area contributed by atoms with Gasteiger partial charge in [-0.25, -0.2) is 4.79 Å². The number of hydrogen-bond acceptors (Lipinski definition) is 2. The van der Waals surface area contributed by atoms with E-state index in [-0.39, 0.29) is 18.1 Å². The summed E-state index contributed by atoms with van der Waals surface area (Å²) in [7, 11) is 0. The molecule has 1 aromatic carbocycles. The maximum Gasteiger partial charge on any atom is 0.317 e. The van der Waals surface area contributed by atoms with Gasteiger partial charge in [-0.15, -0.1) is 0 Å². The standard InChI is InChI=1S/C19H30N2O2/c1-4-19(14-22)9-11-21(12-10-19)18(23)20-13-16(3)17-7-5-15(2)6-8-17/h5-8,16,22H,4,9-14H2,1-3H3,(H,20,23). The van der Waals surface area contributed by atoms with Gasteiger partial charge >= 0.3 is 6.03 Å². The first kappa shape index (κ1) is 17.8. The molecule has 1 heterocycles. The summed E-state index contributed by atoms with van der Waals surface area (Å²) in [6, 6.07) is 8.50. The zero-order valence-corrected chi connectivity index (χ0v) is 14.6. The second-order valence-corrected chi connectivity index (χ2v) is 7.00. The van der Waals surface area contributed by atoms with Crippen molar-refractivity contribution in [3.8, 4) is 0 Å². The van der Waals surface area contributed by atoms with Crippen molar-refractivity contribution in [2.45, 2.75) is 46.0 Å². The van der Waals surface area contributed by atoms with Gasteiger partial charge in [-0.05, 0) is 43.1 Å². The van der Waals surface area contributed by atoms with Gasteiger partial charge in [0.15, 0.2) is 0 Å². The van der Waals surface area contributed by atoms with Gasteiger partial charge in [0.1, 0.15) is 0 Å². The number of rotatable bonds is 5. The normalized spacial score (nSPS) is 18.5. The van der Waals surface area contributed by atoms with E-state index in [1.165, 1.54) is 11.1 Å². The van der Waals surface area contributed by atoms with E-state index in [0.717, 1.165) is 32.4 Å². The van der Waals surface area contributed by atoms with Crippen molar-refractivity contribution in [3.05, 3.63) is 35.4 Å². The number of hydrogen-bond donors (Lipinski definition) is 2. The molecule has 0 aromatic heterocycles. The highest BCUT2D eigenvalue weighted by molar-refractivity contribution is 5.74. The number of nitrogens with one attached hydrogen (secondary N) is 1. The summed E-state index contributed by atoms with van der Waals surface area (Å²) in [5.74, 6) is 0.302. The second-order valence-electron chi connectivity index (χ2n) is 7.00. The van der Waals surface area contributed by atoms with E-state index in [2.05, 4.69) is 50.4 Å². The molecule has 4 heteroatoms. The zero-order valence-electron chi connectivity index (χ0n) is 14.6. The highest BCUT2D eigenvalue weighted by Gasteiger charge is 2.33. The Morgan fingerprint density at radius 1 is 1.30 bits per heavy atom. The lowest BCUT2D eigenvalue weighted by Crippen LogP contribution is -2.48. The van der Waals surface area contributed by atoms with Gasteiger partial charge in [-0.3, -0.25) is 0 Å². The molecule has 2 amide bonds. The molecule has 0 bridgehead atoms. The van der Waals surface area contributed by atoms with Crippen molar-refractivity contribution >= 4 is 6.03 Å². The quantitative estimate of drug-likeness (QED) is 0.875. The van der Waals surface area contributed by atoms with Crippen LogP contribution in [-0.2, 0) is 0 Å². The first-order chi connectivity index (χ1) is 11.0. The van der Waals surface area contributed by atoms with E-state index < -0.39 is 0 Å². The number of urea groups is 1. The number of carbonyl (C=O) groups excluding carboxylic acids is 1. The third-order valence-electron chi connectivity index (χ3n) is 5.40. The molecule has 0 aliphatic carbocycles. The van der Waals surface area contributed by atoms with Crippen LogP contribution in [-0.4, -0.2) is 42.3 Å². The second kappa shape index (κ2) is 7.82. The Labute approximate surface area is 139 Å². The van der Waals surface area contributed by atoms with Gasteiger partial charge in [0.25, 0.3) is 0 Å². The molecule has 1 saturated heterocycles. The molecule has 2 N–H and O–H groups in total. The van der Waals surface area contributed by atoms with E-state index in [0.29, 0.717) is 12.5 Å². The molecular weight excluding hydrogens is 288 g/mol. The Balaban J connectivity index is 1.80. The van der Waals surface area contributed by atoms with E-state index >= 15 is 0 Å². The minimum absolute atomic E-state index is 0.0198. The molecule has 0 spiro atoms. The topological polar surface area (TPSA) is 52.6 Å². The lowest BCUT2D eigenvalue weighted by atomic mass is 9.77. The predicted molar refractivity (Wildman–Crippen MR) is 93.6 cm³/mol. The molecule has 4 nitrogen and oxygen atoms in total. The molecule has 1 aliphatic heterocycles. The molecular formula is C19H30N2O2. The highest BCUT2D eigenvalue weighted by atomic mass is 16.3. The van der Waals surface area contributed by atoms with Crippen LogP contribution in [0.1, 0.15) is 50.2 Å². The van der Waals surface area contributed by atoms with Crippen LogP contribution in [0, 0.1) is 12.3 Å². The number of likely N-dealkylation sites (tertiary alicyclic amines) is 1. The number of piperidine rings is 1. The van der Waals surface area contributed by atoms with Gasteiger partial charge < -0.3 is 15.3 Å². The number of aryl methyl sites for hydroxylation is 1. The average molecular weight is 318 g/mol. The molecule has 1 unspecified atom stereocenters. The Hall–Kier alpha value is -1.55. The maximum absolute atomic E-state index is 12.3. The van der Waals surface area contributed by atoms with Gasteiger partial charge in [0, 0.05) is 26.2 Å². The van der Waals surface area contributed by atoms with E-state index in [1.54, 1.807) is 0 Å². The summed E-state index contributed by atoms with van der Waals surface area (Å²) < 4.78 is 0. The Bertz CT molecular complexity index is 499. The number of nitrogens with zero attached hydrogens (tertiary/aromatic N) is 1. The Morgan fingerprint density at radius 2 is 1.91 bits per heavy atom. The molecule has 1 aromatic rings. The number of benzene rings is 1. The first-order valence-corrected chi connectivity index (χ1v) is 8.70. The summed E-state index contributed by atoms with van der Waals surface area (Å²) in [5, 5.41) is 12.6. The van der Waals surface area contributed by atoms with Crippen LogP contribution in [0.25, 0.3) is 0 Å². The van der Waals surface area contributed by atoms with Gasteiger partial charge in [0.2, 0.25) is 0 Å². The largest absolute Gasteiger partial charge is 0.396 e. The summed E-state index contributed by atoms with van der Waals surface area (Å²) in [5.41, 5.74) is 2.52. The smallest absolute Gasteiger partial charge is 0.317 e. The van der Waals surface area contributed by atoms with E-state index in [9.17, 15) is 9.90 Å². The van der Waals surface area contributed by atoms with Gasteiger partial charge in [0.05, 0.1) is 0 Å². The van der Waals surface area contributed by atoms with Crippen molar-refractivity contribution in [1.29, 1.82) is 0 Å². The van der Waals surface area contributed by atoms with Crippen LogP contribution < -0.4 is 5.32 Å². The lowest BCUT2D eigenvalue weighted by Gasteiger charge is -2.40. The third-order valence-corrected chi connectivity index (χ3v) is 5.40. The predicted octanol–water partition coefficient (Wildman–Crippen LogP) is 3.29. The zero-order chi connectivity index (χ0) is 16.9. The average Bonchev–Trinajstić information content (AvgIpc) is 2.60. The maximum atomic E-state index is 12.3. The van der Waals surface area contributed by atoms with Crippen molar-refractivity contribution in [2.24, 2.45) is 5.41 Å². The fourth-order valence-electron chi connectivity index (χ4n) is 3.17. The van der Waals surface area contributed by atoms with Crippen molar-refractivity contribution in [3.63, 3.8) is 0 Å². The number of aliphatic hydroxyl groups is 1. The van der Waals surface area contributed by atoms with Crippen LogP contribution in [0.3, 0.4) is 0 Å². The SMILES string of the molecule is CCC1(CO)CCN(C(=O)NCC(C)c2ccc(C)cc2)CC1. The van der Waals surface area contributed by atoms with Crippen LogP contribution in [0.4, 0.5) is 4.79 Å². The van der Waals surface area contributed by atoms with Crippen LogP contribution in [0.2, 0.25) is 0 Å². The van der Waals surface area contributed by atoms with Crippen molar-refractivity contribution in [2.75, 3.05) is 26.2 Å². The number of aliphatic hydroxyl groups excluding tert-OH is 1. The molecule has 1 aliphatic rings. The molecule has 23 heavy (non-hydrogen) atoms. The minimum Gasteiger partial charge on any atom is -0.396 e. The van der Waals surface area contributed by atoms with E-state index in [1.807, 2.05) is 4.90 Å². The Morgan fingerprint density at radius 3 is 2.43 bits per heavy atom. The fraction of sp³-hybridized carbons (Fsp3) is 0.632. The number of amides is 2. The summed E-state index contributed by atoms with van der Waals surface area (Å²) in [6.07, 6.45) is 2.76. The Kier molecular flexibility index (Phi) is 6.05. The van der Waals surface area contributed by atoms with Gasteiger partial charge in [-0.2, -0.15) is 0 Å². The van der Waals surface area contributed by atoms with Crippen molar-refractivity contribution in [1.82, 2.24) is 10.2 Å². The summed E-state index contributed by atoms with van der Waals surface area (Å²) in [6.45, 7) is 8.68. The molecule has 1 atom stereocenters. The molecule has 0 saturated carbocycles. The minimum atomic E-state index is 0.0198. The number of carbonyl (C=O) groups is 1. The van der Waals surface area contributed by atoms with Crippen LogP contribution in [0.5, 0.6) is 0 Å². The lowest BCUT2D eigenvalue weighted by molar-refractivity contribution is 0.0519. The van der Waals surface area contributed by atoms with Crippen molar-refractivity contribution < 1.29 is 9.90 Å². The molecule has 2 rings (SSSR count). The van der Waals surface area contributed by atoms with Gasteiger partial charge in [-0.1, -0.05) is 43.7 Å². The summed E-state index contributed by atoms with van der Waals surface area (Å²) >= 11 is 0. The monoisotopic (exact) mass is 318 g/mol. The molecule has 1 fully saturated rings. The highest BCUT2D eigenvalue weighted by Crippen LogP contribution is 2.34. The molecule has 128 valence electrons. The fourth-order valence-corrected chi connectivity index (χ4v) is 3.17. The molecule has 0 radical (unpaired) electrons. The van der Waals surface area contributed by atoms with Crippen LogP contribution >= 0.6 is 0 Å². The third kappa shape index (κ3) is 4.47.